The van der Waals surface area contributed by atoms with Crippen LogP contribution in [0.3, 0.4) is 0 Å². The van der Waals surface area contributed by atoms with Gasteiger partial charge in [0, 0.05) is 6.54 Å². The van der Waals surface area contributed by atoms with Gasteiger partial charge in [0.2, 0.25) is 5.91 Å². The fourth-order valence-electron chi connectivity index (χ4n) is 2.82. The zero-order valence-electron chi connectivity index (χ0n) is 15.4. The predicted molar refractivity (Wildman–Crippen MR) is 104 cm³/mol. The molecule has 0 bridgehead atoms. The molecule has 28 heavy (non-hydrogen) atoms. The fraction of sp³-hybridized carbons (Fsp3) is 0.294. The number of aromatic nitrogens is 2. The molecule has 0 fully saturated rings. The van der Waals surface area contributed by atoms with Gasteiger partial charge in [-0.1, -0.05) is 6.58 Å². The molecule has 1 aliphatic heterocycles. The minimum absolute atomic E-state index is 0.0752. The lowest BCUT2D eigenvalue weighted by Crippen LogP contribution is -2.45. The number of nitrogens with one attached hydrogen (secondary N) is 2. The Balaban J connectivity index is 2.01. The lowest BCUT2D eigenvalue weighted by atomic mass is 10.1. The highest BCUT2D eigenvalue weighted by molar-refractivity contribution is 7.51. The van der Waals surface area contributed by atoms with E-state index >= 15 is 0 Å². The molecule has 0 atom stereocenters. The van der Waals surface area contributed by atoms with Crippen LogP contribution in [0.15, 0.2) is 21.9 Å². The molecule has 1 aromatic carbocycles. The third kappa shape index (κ3) is 4.19. The Morgan fingerprint density at radius 1 is 1.32 bits per heavy atom. The average molecular weight is 405 g/mol. The van der Waals surface area contributed by atoms with Crippen molar-refractivity contribution < 1.29 is 19.1 Å². The van der Waals surface area contributed by atoms with E-state index in [-0.39, 0.29) is 29.7 Å². The van der Waals surface area contributed by atoms with E-state index in [9.17, 15) is 14.2 Å². The van der Waals surface area contributed by atoms with E-state index in [2.05, 4.69) is 26.9 Å². The maximum Gasteiger partial charge on any atom is 0.327 e. The molecule has 0 saturated carbocycles. The quantitative estimate of drug-likeness (QED) is 0.490. The summed E-state index contributed by atoms with van der Waals surface area (Å²) in [7, 11) is -4.21. The first-order valence-electron chi connectivity index (χ1n) is 8.43. The van der Waals surface area contributed by atoms with Gasteiger partial charge < -0.3 is 25.0 Å². The van der Waals surface area contributed by atoms with Gasteiger partial charge in [-0.3, -0.25) is 14.2 Å². The summed E-state index contributed by atoms with van der Waals surface area (Å²) >= 11 is 0. The van der Waals surface area contributed by atoms with E-state index in [1.165, 1.54) is 0 Å². The minimum atomic E-state index is -4.21. The van der Waals surface area contributed by atoms with E-state index in [4.69, 9.17) is 9.79 Å². The number of fused-ring (bicyclic) bond motifs is 2. The van der Waals surface area contributed by atoms with E-state index in [0.29, 0.717) is 11.4 Å². The largest absolute Gasteiger partial charge is 0.354 e. The Morgan fingerprint density at radius 3 is 2.68 bits per heavy atom. The van der Waals surface area contributed by atoms with E-state index < -0.39 is 25.2 Å². The van der Waals surface area contributed by atoms with Crippen molar-refractivity contribution in [3.8, 4) is 0 Å². The third-order valence-corrected chi connectivity index (χ3v) is 5.13. The molecule has 2 aromatic rings. The molecule has 3 rings (SSSR count). The first-order chi connectivity index (χ1) is 13.0. The molecular weight excluding hydrogens is 385 g/mol. The van der Waals surface area contributed by atoms with Crippen LogP contribution in [0.2, 0.25) is 0 Å². The Labute approximate surface area is 159 Å². The molecule has 10 nitrogen and oxygen atoms in total. The van der Waals surface area contributed by atoms with Crippen LogP contribution >= 0.6 is 7.60 Å². The van der Waals surface area contributed by atoms with Gasteiger partial charge in [-0.05, 0) is 37.1 Å². The van der Waals surface area contributed by atoms with Crippen molar-refractivity contribution in [3.05, 3.63) is 44.5 Å². The standard InChI is InChI=1S/C17H20N5O5P/c1-9-6-12-13(7-10(9)2)22(8-14(23)18-4-5-28(25,26)27)16-15(21-12)17(24)20-11(3)19-16/h6-7H,3-5,8H2,1-2H3,(H,18,23)(H,20,24)(H2,25,26,27). The summed E-state index contributed by atoms with van der Waals surface area (Å²) < 4.78 is 10.9. The van der Waals surface area contributed by atoms with Crippen LogP contribution in [-0.2, 0) is 9.36 Å². The Morgan fingerprint density at radius 2 is 2.00 bits per heavy atom. The van der Waals surface area contributed by atoms with Crippen LogP contribution in [0.5, 0.6) is 0 Å². The van der Waals surface area contributed by atoms with E-state index in [1.807, 2.05) is 26.0 Å². The molecule has 4 N–H and O–H groups in total. The topological polar surface area (TPSA) is 148 Å². The number of aromatic amines is 1. The first kappa shape index (κ1) is 19.9. The van der Waals surface area contributed by atoms with Gasteiger partial charge in [0.05, 0.1) is 17.5 Å². The number of carbonyl (C=O) groups excluding carboxylic acids is 1. The average Bonchev–Trinajstić information content (AvgIpc) is 2.56. The molecule has 1 amide bonds. The van der Waals surface area contributed by atoms with Crippen LogP contribution in [0.4, 0.5) is 17.2 Å². The number of aryl methyl sites for hydroxylation is 2. The van der Waals surface area contributed by atoms with Gasteiger partial charge in [0.15, 0.2) is 11.2 Å². The molecule has 0 unspecified atom stereocenters. The summed E-state index contributed by atoms with van der Waals surface area (Å²) in [5.41, 5.74) is 2.77. The van der Waals surface area contributed by atoms with Crippen LogP contribution in [0.25, 0.3) is 6.58 Å². The van der Waals surface area contributed by atoms with Crippen molar-refractivity contribution in [1.82, 2.24) is 15.3 Å². The van der Waals surface area contributed by atoms with Crippen LogP contribution in [0, 0.1) is 13.8 Å². The van der Waals surface area contributed by atoms with E-state index in [1.54, 1.807) is 4.90 Å². The number of H-pyrrole nitrogens is 1. The summed E-state index contributed by atoms with van der Waals surface area (Å²) in [5, 5.41) is 2.55. The number of nitrogens with zero attached hydrogens (tertiary/aromatic N) is 3. The van der Waals surface area contributed by atoms with Gasteiger partial charge in [0.25, 0.3) is 5.56 Å². The molecule has 2 heterocycles. The van der Waals surface area contributed by atoms with Crippen molar-refractivity contribution in [2.24, 2.45) is 4.99 Å². The molecule has 0 spiro atoms. The molecular formula is C17H20N5O5P. The number of carbonyl (C=O) groups is 1. The molecule has 0 aliphatic carbocycles. The number of hydrogen-bond donors (Lipinski definition) is 4. The van der Waals surface area contributed by atoms with E-state index in [0.717, 1.165) is 11.1 Å². The lowest BCUT2D eigenvalue weighted by Gasteiger charge is -2.28. The van der Waals surface area contributed by atoms with Gasteiger partial charge >= 0.3 is 7.60 Å². The predicted octanol–water partition coefficient (Wildman–Crippen LogP) is -0.506. The zero-order chi connectivity index (χ0) is 20.6. The van der Waals surface area contributed by atoms with Gasteiger partial charge in [-0.15, -0.1) is 0 Å². The zero-order valence-corrected chi connectivity index (χ0v) is 16.3. The Hall–Kier alpha value is -2.81. The van der Waals surface area contributed by atoms with Gasteiger partial charge in [0.1, 0.15) is 12.0 Å². The summed E-state index contributed by atoms with van der Waals surface area (Å²) in [6.07, 6.45) is -0.458. The van der Waals surface area contributed by atoms with Crippen LogP contribution < -0.4 is 26.6 Å². The Bertz CT molecular complexity index is 1170. The monoisotopic (exact) mass is 405 g/mol. The normalized spacial score (nSPS) is 12.8. The van der Waals surface area contributed by atoms with Crippen molar-refractivity contribution >= 4 is 37.3 Å². The molecule has 148 valence electrons. The van der Waals surface area contributed by atoms with Crippen LogP contribution in [-0.4, -0.2) is 44.9 Å². The second-order valence-corrected chi connectivity index (χ2v) is 8.32. The Kier molecular flexibility index (Phi) is 5.20. The minimum Gasteiger partial charge on any atom is -0.354 e. The highest BCUT2D eigenvalue weighted by Gasteiger charge is 2.25. The summed E-state index contributed by atoms with van der Waals surface area (Å²) in [4.78, 5) is 55.2. The number of hydrogen-bond acceptors (Lipinski definition) is 6. The second kappa shape index (κ2) is 7.31. The van der Waals surface area contributed by atoms with Crippen molar-refractivity contribution in [2.45, 2.75) is 13.8 Å². The number of anilines is 2. The molecule has 1 aliphatic rings. The summed E-state index contributed by atoms with van der Waals surface area (Å²) in [6, 6.07) is 3.68. The molecule has 0 saturated heterocycles. The second-order valence-electron chi connectivity index (χ2n) is 6.55. The van der Waals surface area contributed by atoms with Gasteiger partial charge in [-0.2, -0.15) is 0 Å². The molecule has 11 heteroatoms. The highest BCUT2D eigenvalue weighted by Crippen LogP contribution is 2.36. The molecule has 1 aromatic heterocycles. The first-order valence-corrected chi connectivity index (χ1v) is 10.2. The maximum absolute atomic E-state index is 12.4. The molecule has 0 radical (unpaired) electrons. The number of amides is 1. The number of benzene rings is 1. The third-order valence-electron chi connectivity index (χ3n) is 4.32. The van der Waals surface area contributed by atoms with Crippen molar-refractivity contribution in [1.29, 1.82) is 0 Å². The summed E-state index contributed by atoms with van der Waals surface area (Å²) in [5.74, 6) is -0.271. The van der Waals surface area contributed by atoms with Crippen molar-refractivity contribution in [3.63, 3.8) is 0 Å². The SMILES string of the molecule is C=c1nc2c(c(=O)[nH]1)=Nc1cc(C)c(C)cc1N2CC(=O)NCCP(=O)(O)O. The highest BCUT2D eigenvalue weighted by atomic mass is 31.2. The lowest BCUT2D eigenvalue weighted by molar-refractivity contribution is -0.119. The fourth-order valence-corrected chi connectivity index (χ4v) is 3.22. The maximum atomic E-state index is 12.4. The smallest absolute Gasteiger partial charge is 0.327 e. The van der Waals surface area contributed by atoms with Crippen molar-refractivity contribution in [2.75, 3.05) is 24.2 Å². The number of rotatable bonds is 5. The summed E-state index contributed by atoms with van der Waals surface area (Å²) in [6.45, 7) is 7.11. The van der Waals surface area contributed by atoms with Gasteiger partial charge in [-0.25, -0.2) is 9.98 Å². The van der Waals surface area contributed by atoms with Crippen LogP contribution in [0.1, 0.15) is 11.1 Å².